The van der Waals surface area contributed by atoms with Crippen molar-refractivity contribution in [3.05, 3.63) is 0 Å². The topological polar surface area (TPSA) is 231 Å². The first-order valence-electron chi connectivity index (χ1n) is 9.65. The van der Waals surface area contributed by atoms with E-state index in [0.717, 1.165) is 0 Å². The van der Waals surface area contributed by atoms with Crippen LogP contribution in [0, 0.1) is 5.92 Å². The minimum Gasteiger partial charge on any atom is -0.481 e. The highest BCUT2D eigenvalue weighted by Crippen LogP contribution is 2.05. The minimum atomic E-state index is -1.37. The lowest BCUT2D eigenvalue weighted by molar-refractivity contribution is -0.142. The molecule has 13 nitrogen and oxygen atoms in total. The number of nitrogens with one attached hydrogen (secondary N) is 3. The van der Waals surface area contributed by atoms with Crippen molar-refractivity contribution in [1.82, 2.24) is 16.0 Å². The minimum absolute atomic E-state index is 0.117. The van der Waals surface area contributed by atoms with Gasteiger partial charge in [-0.15, -0.1) is 0 Å². The number of aliphatic carboxylic acids is 2. The Morgan fingerprint density at radius 2 is 1.39 bits per heavy atom. The van der Waals surface area contributed by atoms with E-state index in [9.17, 15) is 28.8 Å². The predicted octanol–water partition coefficient (Wildman–Crippen LogP) is -2.34. The fourth-order valence-electron chi connectivity index (χ4n) is 2.41. The van der Waals surface area contributed by atoms with Gasteiger partial charge in [-0.2, -0.15) is 0 Å². The van der Waals surface area contributed by atoms with Gasteiger partial charge in [0.25, 0.3) is 0 Å². The largest absolute Gasteiger partial charge is 0.481 e. The molecule has 0 aliphatic carbocycles. The molecular formula is C18H31N5O8. The summed E-state index contributed by atoms with van der Waals surface area (Å²) in [6.45, 7) is 4.60. The fourth-order valence-corrected chi connectivity index (χ4v) is 2.41. The van der Waals surface area contributed by atoms with Gasteiger partial charge in [0.2, 0.25) is 23.6 Å². The summed E-state index contributed by atoms with van der Waals surface area (Å²) >= 11 is 0. The Morgan fingerprint density at radius 1 is 0.806 bits per heavy atom. The summed E-state index contributed by atoms with van der Waals surface area (Å²) in [6.07, 6.45) is -0.892. The zero-order valence-electron chi connectivity index (χ0n) is 17.7. The maximum Gasteiger partial charge on any atom is 0.326 e. The number of carboxylic acid groups (broad SMARTS) is 2. The number of hydrogen-bond donors (Lipinski definition) is 7. The quantitative estimate of drug-likeness (QED) is 0.151. The number of nitrogens with two attached hydrogens (primary N) is 2. The van der Waals surface area contributed by atoms with E-state index in [2.05, 4.69) is 16.0 Å². The number of carbonyl (C=O) groups is 6. The molecule has 0 heterocycles. The molecule has 31 heavy (non-hydrogen) atoms. The third-order valence-corrected chi connectivity index (χ3v) is 4.30. The van der Waals surface area contributed by atoms with Crippen molar-refractivity contribution in [1.29, 1.82) is 0 Å². The van der Waals surface area contributed by atoms with Gasteiger partial charge in [0, 0.05) is 12.8 Å². The Labute approximate surface area is 179 Å². The molecule has 0 aromatic heterocycles. The molecule has 0 saturated heterocycles. The lowest BCUT2D eigenvalue weighted by Gasteiger charge is -2.25. The molecule has 0 aromatic rings. The van der Waals surface area contributed by atoms with E-state index in [1.807, 2.05) is 0 Å². The van der Waals surface area contributed by atoms with Gasteiger partial charge in [-0.25, -0.2) is 4.79 Å². The third-order valence-electron chi connectivity index (χ3n) is 4.30. The predicted molar refractivity (Wildman–Crippen MR) is 107 cm³/mol. The molecule has 0 aromatic carbocycles. The van der Waals surface area contributed by atoms with Gasteiger partial charge in [0.05, 0.1) is 6.04 Å². The first-order chi connectivity index (χ1) is 14.3. The van der Waals surface area contributed by atoms with Crippen LogP contribution in [0.25, 0.3) is 0 Å². The van der Waals surface area contributed by atoms with Crippen molar-refractivity contribution in [2.45, 2.75) is 70.6 Å². The van der Waals surface area contributed by atoms with Crippen molar-refractivity contribution in [2.24, 2.45) is 17.4 Å². The molecule has 0 spiro atoms. The fraction of sp³-hybridized carbons (Fsp3) is 0.667. The average molecular weight is 445 g/mol. The zero-order chi connectivity index (χ0) is 24.3. The van der Waals surface area contributed by atoms with Crippen molar-refractivity contribution in [3.8, 4) is 0 Å². The van der Waals surface area contributed by atoms with E-state index in [4.69, 9.17) is 21.7 Å². The Bertz CT molecular complexity index is 696. The summed E-state index contributed by atoms with van der Waals surface area (Å²) < 4.78 is 0. The Balaban J connectivity index is 4.96. The second-order valence-electron chi connectivity index (χ2n) is 7.40. The SMILES string of the molecule is CC(NC(=O)C(NC(=O)C(N)CCC(=O)O)C(C)C)C(=O)NC(CCC(N)=O)C(=O)O. The molecule has 4 atom stereocenters. The monoisotopic (exact) mass is 445 g/mol. The van der Waals surface area contributed by atoms with Crippen LogP contribution in [0.3, 0.4) is 0 Å². The van der Waals surface area contributed by atoms with Crippen LogP contribution < -0.4 is 27.4 Å². The van der Waals surface area contributed by atoms with Gasteiger partial charge in [0.1, 0.15) is 18.1 Å². The maximum absolute atomic E-state index is 12.5. The summed E-state index contributed by atoms with van der Waals surface area (Å²) in [5, 5.41) is 24.8. The van der Waals surface area contributed by atoms with Crippen molar-refractivity contribution >= 4 is 35.6 Å². The highest BCUT2D eigenvalue weighted by Gasteiger charge is 2.30. The smallest absolute Gasteiger partial charge is 0.326 e. The standard InChI is InChI=1S/C18H31N5O8/c1-8(2)14(23-16(28)10(19)4-7-13(25)26)17(29)21-9(3)15(27)22-11(18(30)31)5-6-12(20)24/h8-11,14H,4-7,19H2,1-3H3,(H2,20,24)(H,21,29)(H,22,27)(H,23,28)(H,25,26)(H,30,31). The van der Waals surface area contributed by atoms with E-state index >= 15 is 0 Å². The lowest BCUT2D eigenvalue weighted by Crippen LogP contribution is -2.57. The van der Waals surface area contributed by atoms with E-state index < -0.39 is 65.7 Å². The van der Waals surface area contributed by atoms with E-state index in [1.54, 1.807) is 13.8 Å². The number of amides is 4. The number of rotatable bonds is 14. The highest BCUT2D eigenvalue weighted by molar-refractivity contribution is 5.94. The molecule has 13 heteroatoms. The first kappa shape index (κ1) is 27.8. The molecule has 9 N–H and O–H groups in total. The summed E-state index contributed by atoms with van der Waals surface area (Å²) in [5.41, 5.74) is 10.6. The zero-order valence-corrected chi connectivity index (χ0v) is 17.7. The van der Waals surface area contributed by atoms with Crippen molar-refractivity contribution < 1.29 is 39.0 Å². The number of carbonyl (C=O) groups excluding carboxylic acids is 4. The Hall–Kier alpha value is -3.22. The summed E-state index contributed by atoms with van der Waals surface area (Å²) in [6, 6.07) is -4.72. The number of primary amides is 1. The van der Waals surface area contributed by atoms with Gasteiger partial charge in [0.15, 0.2) is 0 Å². The second kappa shape index (κ2) is 13.2. The average Bonchev–Trinajstić information content (AvgIpc) is 2.65. The van der Waals surface area contributed by atoms with Crippen molar-refractivity contribution in [3.63, 3.8) is 0 Å². The van der Waals surface area contributed by atoms with Gasteiger partial charge in [-0.3, -0.25) is 24.0 Å². The van der Waals surface area contributed by atoms with Crippen LogP contribution in [0.1, 0.15) is 46.5 Å². The molecule has 0 fully saturated rings. The maximum atomic E-state index is 12.5. The molecule has 4 amide bonds. The van der Waals surface area contributed by atoms with Gasteiger partial charge in [-0.05, 0) is 25.7 Å². The third kappa shape index (κ3) is 10.9. The van der Waals surface area contributed by atoms with Crippen LogP contribution in [0.15, 0.2) is 0 Å². The molecule has 176 valence electrons. The van der Waals surface area contributed by atoms with Gasteiger partial charge in [-0.1, -0.05) is 13.8 Å². The van der Waals surface area contributed by atoms with E-state index in [1.165, 1.54) is 6.92 Å². The van der Waals surface area contributed by atoms with Crippen LogP contribution in [0.5, 0.6) is 0 Å². The van der Waals surface area contributed by atoms with Crippen molar-refractivity contribution in [2.75, 3.05) is 0 Å². The summed E-state index contributed by atoms with van der Waals surface area (Å²) in [4.78, 5) is 69.6. The summed E-state index contributed by atoms with van der Waals surface area (Å²) in [7, 11) is 0. The first-order valence-corrected chi connectivity index (χ1v) is 9.65. The molecule has 0 aliphatic rings. The van der Waals surface area contributed by atoms with Crippen LogP contribution in [0.4, 0.5) is 0 Å². The van der Waals surface area contributed by atoms with E-state index in [-0.39, 0.29) is 25.7 Å². The molecule has 4 unspecified atom stereocenters. The van der Waals surface area contributed by atoms with Crippen LogP contribution in [0.2, 0.25) is 0 Å². The molecule has 0 radical (unpaired) electrons. The Morgan fingerprint density at radius 3 is 1.84 bits per heavy atom. The van der Waals surface area contributed by atoms with Crippen LogP contribution in [-0.2, 0) is 28.8 Å². The lowest BCUT2D eigenvalue weighted by atomic mass is 10.0. The normalized spacial score (nSPS) is 14.6. The molecule has 0 rings (SSSR count). The Kier molecular flexibility index (Phi) is 11.8. The van der Waals surface area contributed by atoms with Crippen LogP contribution >= 0.6 is 0 Å². The molecule has 0 aliphatic heterocycles. The molecule has 0 bridgehead atoms. The summed E-state index contributed by atoms with van der Waals surface area (Å²) in [5.74, 6) is -5.83. The highest BCUT2D eigenvalue weighted by atomic mass is 16.4. The van der Waals surface area contributed by atoms with Gasteiger partial charge < -0.3 is 37.6 Å². The van der Waals surface area contributed by atoms with Crippen LogP contribution in [-0.4, -0.2) is 69.9 Å². The second-order valence-corrected chi connectivity index (χ2v) is 7.40. The van der Waals surface area contributed by atoms with E-state index in [0.29, 0.717) is 0 Å². The molecular weight excluding hydrogens is 414 g/mol. The molecule has 0 saturated carbocycles. The number of hydrogen-bond acceptors (Lipinski definition) is 7. The van der Waals surface area contributed by atoms with Gasteiger partial charge >= 0.3 is 11.9 Å². The number of carboxylic acids is 2.